The molecule has 88 valence electrons. The Bertz CT molecular complexity index is 363. The number of benzene rings is 1. The van der Waals surface area contributed by atoms with E-state index in [4.69, 9.17) is 15.2 Å². The third-order valence-corrected chi connectivity index (χ3v) is 2.93. The lowest BCUT2D eigenvalue weighted by molar-refractivity contribution is 0.169. The number of unbranched alkanes of at least 4 members (excludes halogenated alkanes) is 1. The van der Waals surface area contributed by atoms with E-state index < -0.39 is 0 Å². The van der Waals surface area contributed by atoms with Crippen LogP contribution in [0, 0.1) is 6.92 Å². The van der Waals surface area contributed by atoms with Crippen molar-refractivity contribution >= 4 is 0 Å². The van der Waals surface area contributed by atoms with Gasteiger partial charge < -0.3 is 15.2 Å². The van der Waals surface area contributed by atoms with Crippen molar-refractivity contribution in [3.63, 3.8) is 0 Å². The molecule has 0 radical (unpaired) electrons. The summed E-state index contributed by atoms with van der Waals surface area (Å²) in [5, 5.41) is 0. The van der Waals surface area contributed by atoms with Crippen LogP contribution in [0.25, 0.3) is 0 Å². The molecular weight excluding hydrogens is 202 g/mol. The van der Waals surface area contributed by atoms with Crippen molar-refractivity contribution in [3.8, 4) is 11.5 Å². The minimum absolute atomic E-state index is 0.651. The Balaban J connectivity index is 2.20. The maximum Gasteiger partial charge on any atom is 0.164 e. The van der Waals surface area contributed by atoms with Crippen molar-refractivity contribution in [2.75, 3.05) is 19.8 Å². The zero-order valence-corrected chi connectivity index (χ0v) is 9.79. The van der Waals surface area contributed by atoms with Crippen LogP contribution < -0.4 is 15.2 Å². The summed E-state index contributed by atoms with van der Waals surface area (Å²) in [6, 6.07) is 4.10. The summed E-state index contributed by atoms with van der Waals surface area (Å²) in [5.41, 5.74) is 8.07. The number of nitrogens with two attached hydrogens (primary N) is 1. The molecule has 0 spiro atoms. The average molecular weight is 221 g/mol. The van der Waals surface area contributed by atoms with Crippen LogP contribution in [0.2, 0.25) is 0 Å². The zero-order chi connectivity index (χ0) is 11.4. The maximum atomic E-state index is 5.71. The van der Waals surface area contributed by atoms with Crippen LogP contribution in [-0.2, 0) is 6.42 Å². The van der Waals surface area contributed by atoms with Crippen LogP contribution in [0.5, 0.6) is 11.5 Å². The lowest BCUT2D eigenvalue weighted by atomic mass is 10.0. The molecule has 1 heterocycles. The Kier molecular flexibility index (Phi) is 3.67. The van der Waals surface area contributed by atoms with Crippen LogP contribution >= 0.6 is 0 Å². The molecule has 0 atom stereocenters. The Hall–Kier alpha value is -1.22. The Morgan fingerprint density at radius 3 is 2.81 bits per heavy atom. The molecule has 1 aromatic rings. The highest BCUT2D eigenvalue weighted by atomic mass is 16.6. The monoisotopic (exact) mass is 221 g/mol. The van der Waals surface area contributed by atoms with E-state index >= 15 is 0 Å². The van der Waals surface area contributed by atoms with Crippen molar-refractivity contribution in [2.24, 2.45) is 5.73 Å². The topological polar surface area (TPSA) is 44.5 Å². The molecule has 0 unspecified atom stereocenters. The summed E-state index contributed by atoms with van der Waals surface area (Å²) < 4.78 is 11.3. The van der Waals surface area contributed by atoms with Gasteiger partial charge in [-0.1, -0.05) is 6.07 Å². The fourth-order valence-electron chi connectivity index (χ4n) is 2.03. The molecule has 3 heteroatoms. The van der Waals surface area contributed by atoms with Crippen LogP contribution in [0.15, 0.2) is 12.1 Å². The van der Waals surface area contributed by atoms with E-state index in [1.54, 1.807) is 0 Å². The molecule has 0 saturated heterocycles. The number of rotatable bonds is 4. The first-order valence-electron chi connectivity index (χ1n) is 5.91. The first-order chi connectivity index (χ1) is 7.83. The fraction of sp³-hybridized carbons (Fsp3) is 0.538. The van der Waals surface area contributed by atoms with Crippen molar-refractivity contribution in [1.29, 1.82) is 0 Å². The Morgan fingerprint density at radius 2 is 2.00 bits per heavy atom. The summed E-state index contributed by atoms with van der Waals surface area (Å²) in [6.07, 6.45) is 3.19. The van der Waals surface area contributed by atoms with Gasteiger partial charge in [-0.15, -0.1) is 0 Å². The van der Waals surface area contributed by atoms with Crippen molar-refractivity contribution in [2.45, 2.75) is 26.2 Å². The van der Waals surface area contributed by atoms with E-state index in [2.05, 4.69) is 13.0 Å². The van der Waals surface area contributed by atoms with Crippen LogP contribution in [0.3, 0.4) is 0 Å². The van der Waals surface area contributed by atoms with Crippen LogP contribution in [0.4, 0.5) is 0 Å². The molecule has 0 fully saturated rings. The Labute approximate surface area is 96.5 Å². The fourth-order valence-corrected chi connectivity index (χ4v) is 2.03. The quantitative estimate of drug-likeness (QED) is 0.791. The zero-order valence-electron chi connectivity index (χ0n) is 9.79. The minimum atomic E-state index is 0.651. The van der Waals surface area contributed by atoms with Gasteiger partial charge in [-0.3, -0.25) is 0 Å². The number of aryl methyl sites for hydroxylation is 1. The summed E-state index contributed by atoms with van der Waals surface area (Å²) in [7, 11) is 0. The van der Waals surface area contributed by atoms with Gasteiger partial charge in [0, 0.05) is 5.56 Å². The second kappa shape index (κ2) is 5.21. The predicted octanol–water partition coefficient (Wildman–Crippen LogP) is 2.05. The first-order valence-corrected chi connectivity index (χ1v) is 5.91. The highest BCUT2D eigenvalue weighted by Crippen LogP contribution is 2.36. The second-order valence-electron chi connectivity index (χ2n) is 4.13. The summed E-state index contributed by atoms with van der Waals surface area (Å²) in [5.74, 6) is 1.84. The first kappa shape index (κ1) is 11.3. The summed E-state index contributed by atoms with van der Waals surface area (Å²) in [4.78, 5) is 0. The number of ether oxygens (including phenoxy) is 2. The molecule has 0 aliphatic carbocycles. The van der Waals surface area contributed by atoms with Gasteiger partial charge in [-0.05, 0) is 44.4 Å². The molecule has 0 saturated carbocycles. The molecule has 0 amide bonds. The second-order valence-corrected chi connectivity index (χ2v) is 4.13. The third kappa shape index (κ3) is 2.30. The van der Waals surface area contributed by atoms with Crippen molar-refractivity contribution < 1.29 is 9.47 Å². The van der Waals surface area contributed by atoms with E-state index in [1.807, 2.05) is 6.07 Å². The molecule has 1 aliphatic rings. The maximum absolute atomic E-state index is 5.71. The predicted molar refractivity (Wildman–Crippen MR) is 64.2 cm³/mol. The summed E-state index contributed by atoms with van der Waals surface area (Å²) in [6.45, 7) is 4.18. The van der Waals surface area contributed by atoms with Gasteiger partial charge in [0.1, 0.15) is 13.2 Å². The Morgan fingerprint density at radius 1 is 1.19 bits per heavy atom. The van der Waals surface area contributed by atoms with Gasteiger partial charge in [0.25, 0.3) is 0 Å². The average Bonchev–Trinajstić information content (AvgIpc) is 2.32. The van der Waals surface area contributed by atoms with Crippen LogP contribution in [0.1, 0.15) is 24.0 Å². The molecule has 16 heavy (non-hydrogen) atoms. The van der Waals surface area contributed by atoms with E-state index in [-0.39, 0.29) is 0 Å². The minimum Gasteiger partial charge on any atom is -0.486 e. The highest BCUT2D eigenvalue weighted by Gasteiger charge is 2.17. The van der Waals surface area contributed by atoms with E-state index in [1.165, 1.54) is 11.1 Å². The van der Waals surface area contributed by atoms with Gasteiger partial charge in [0.15, 0.2) is 11.5 Å². The van der Waals surface area contributed by atoms with E-state index in [0.29, 0.717) is 13.2 Å². The molecule has 2 rings (SSSR count). The van der Waals surface area contributed by atoms with Crippen LogP contribution in [-0.4, -0.2) is 19.8 Å². The largest absolute Gasteiger partial charge is 0.486 e. The molecule has 1 aliphatic heterocycles. The highest BCUT2D eigenvalue weighted by molar-refractivity contribution is 5.51. The van der Waals surface area contributed by atoms with Crippen molar-refractivity contribution in [3.05, 3.63) is 23.3 Å². The lowest BCUT2D eigenvalue weighted by Crippen LogP contribution is -2.17. The van der Waals surface area contributed by atoms with Gasteiger partial charge in [-0.2, -0.15) is 0 Å². The molecule has 0 bridgehead atoms. The smallest absolute Gasteiger partial charge is 0.164 e. The normalized spacial score (nSPS) is 13.9. The third-order valence-electron chi connectivity index (χ3n) is 2.93. The molecular formula is C13H19NO2. The number of fused-ring (bicyclic) bond motifs is 1. The molecule has 3 nitrogen and oxygen atoms in total. The SMILES string of the molecule is Cc1ccc2c(c1CCCCN)OCCO2. The standard InChI is InChI=1S/C13H19NO2/c1-10-5-6-12-13(16-9-8-15-12)11(10)4-2-3-7-14/h5-6H,2-4,7-9,14H2,1H3. The van der Waals surface area contributed by atoms with Gasteiger partial charge in [0.2, 0.25) is 0 Å². The number of hydrogen-bond donors (Lipinski definition) is 1. The summed E-state index contributed by atoms with van der Waals surface area (Å²) >= 11 is 0. The van der Waals surface area contributed by atoms with Crippen molar-refractivity contribution in [1.82, 2.24) is 0 Å². The lowest BCUT2D eigenvalue weighted by Gasteiger charge is -2.22. The number of hydrogen-bond acceptors (Lipinski definition) is 3. The van der Waals surface area contributed by atoms with Gasteiger partial charge in [-0.25, -0.2) is 0 Å². The van der Waals surface area contributed by atoms with E-state index in [9.17, 15) is 0 Å². The van der Waals surface area contributed by atoms with Gasteiger partial charge in [0.05, 0.1) is 0 Å². The molecule has 2 N–H and O–H groups in total. The molecule has 1 aromatic carbocycles. The van der Waals surface area contributed by atoms with Gasteiger partial charge >= 0.3 is 0 Å². The van der Waals surface area contributed by atoms with E-state index in [0.717, 1.165) is 37.3 Å². The molecule has 0 aromatic heterocycles.